The Balaban J connectivity index is 1.28. The summed E-state index contributed by atoms with van der Waals surface area (Å²) in [6.07, 6.45) is 11.5. The lowest BCUT2D eigenvalue weighted by Gasteiger charge is -2.28. The van der Waals surface area contributed by atoms with Gasteiger partial charge in [0, 0.05) is 49.4 Å². The Kier molecular flexibility index (Phi) is 5.57. The lowest BCUT2D eigenvalue weighted by atomic mass is 10.0. The Bertz CT molecular complexity index is 1580. The van der Waals surface area contributed by atoms with Crippen LogP contribution in [-0.4, -0.2) is 61.2 Å². The van der Waals surface area contributed by atoms with E-state index in [1.165, 1.54) is 32.1 Å². The average molecular weight is 497 g/mol. The number of likely N-dealkylation sites (tertiary alicyclic amines) is 1. The summed E-state index contributed by atoms with van der Waals surface area (Å²) in [7, 11) is 0. The molecule has 6 heterocycles. The quantitative estimate of drug-likeness (QED) is 0.344. The van der Waals surface area contributed by atoms with Crippen LogP contribution in [0.2, 0.25) is 0 Å². The van der Waals surface area contributed by atoms with Gasteiger partial charge < -0.3 is 9.88 Å². The maximum absolute atomic E-state index is 16.1. The number of imidazole rings is 1. The van der Waals surface area contributed by atoms with Gasteiger partial charge in [-0.3, -0.25) is 15.0 Å². The largest absolute Gasteiger partial charge is 0.370 e. The van der Waals surface area contributed by atoms with Crippen molar-refractivity contribution in [1.82, 2.24) is 35.0 Å². The molecule has 0 atom stereocenters. The highest BCUT2D eigenvalue weighted by molar-refractivity contribution is 5.97. The van der Waals surface area contributed by atoms with Crippen LogP contribution in [0.3, 0.4) is 0 Å². The Labute approximate surface area is 213 Å². The van der Waals surface area contributed by atoms with Gasteiger partial charge in [0.05, 0.1) is 16.6 Å². The number of piperidine rings is 1. The van der Waals surface area contributed by atoms with Gasteiger partial charge in [-0.25, -0.2) is 14.4 Å². The van der Waals surface area contributed by atoms with E-state index in [2.05, 4.69) is 34.9 Å². The first-order valence-electron chi connectivity index (χ1n) is 13.2. The molecule has 0 unspecified atom stereocenters. The molecule has 5 aromatic rings. The SMILES string of the molecule is Fc1c(-c2cncc(CN3CCCC3)c2)ccc2[nH]nc(-c3nc4nccc(N5CCCCC5)c4[nH]3)c12. The van der Waals surface area contributed by atoms with Gasteiger partial charge in [0.2, 0.25) is 0 Å². The van der Waals surface area contributed by atoms with Crippen LogP contribution in [0.25, 0.3) is 44.7 Å². The summed E-state index contributed by atoms with van der Waals surface area (Å²) in [5.74, 6) is 0.182. The molecule has 0 saturated carbocycles. The minimum Gasteiger partial charge on any atom is -0.370 e. The summed E-state index contributed by atoms with van der Waals surface area (Å²) in [6, 6.07) is 7.74. The van der Waals surface area contributed by atoms with E-state index in [1.54, 1.807) is 18.5 Å². The van der Waals surface area contributed by atoms with E-state index >= 15 is 4.39 Å². The number of H-pyrrole nitrogens is 2. The van der Waals surface area contributed by atoms with Gasteiger partial charge in [0.1, 0.15) is 17.0 Å². The van der Waals surface area contributed by atoms with Crippen LogP contribution < -0.4 is 4.90 Å². The molecule has 2 saturated heterocycles. The number of rotatable bonds is 5. The van der Waals surface area contributed by atoms with Crippen molar-refractivity contribution >= 4 is 27.8 Å². The van der Waals surface area contributed by atoms with Crippen molar-refractivity contribution in [3.63, 3.8) is 0 Å². The number of halogens is 1. The Morgan fingerprint density at radius 3 is 2.65 bits per heavy atom. The second-order valence-electron chi connectivity index (χ2n) is 10.1. The fourth-order valence-corrected chi connectivity index (χ4v) is 5.80. The third-order valence-corrected chi connectivity index (χ3v) is 7.67. The Morgan fingerprint density at radius 2 is 1.78 bits per heavy atom. The fraction of sp³-hybridized carbons (Fsp3) is 0.357. The molecule has 7 rings (SSSR count). The molecule has 37 heavy (non-hydrogen) atoms. The molecule has 2 fully saturated rings. The van der Waals surface area contributed by atoms with E-state index < -0.39 is 0 Å². The molecule has 0 amide bonds. The summed E-state index contributed by atoms with van der Waals surface area (Å²) in [5, 5.41) is 7.86. The van der Waals surface area contributed by atoms with E-state index in [1.807, 2.05) is 24.4 Å². The van der Waals surface area contributed by atoms with Crippen LogP contribution in [0.15, 0.2) is 42.9 Å². The van der Waals surface area contributed by atoms with Gasteiger partial charge in [-0.15, -0.1) is 0 Å². The maximum Gasteiger partial charge on any atom is 0.180 e. The smallest absolute Gasteiger partial charge is 0.180 e. The van der Waals surface area contributed by atoms with E-state index in [0.29, 0.717) is 33.6 Å². The molecule has 2 aliphatic heterocycles. The summed E-state index contributed by atoms with van der Waals surface area (Å²) < 4.78 is 16.1. The standard InChI is InChI=1S/C28H29FN8/c29-24-20(19-14-18(15-30-16-19)17-36-10-4-5-11-36)6-7-21-23(24)26(35-34-21)28-32-25-22(8-9-31-27(25)33-28)37-12-2-1-3-13-37/h6-9,14-16H,1-5,10-13,17H2,(H,34,35)(H,31,32,33). The third-order valence-electron chi connectivity index (χ3n) is 7.67. The van der Waals surface area contributed by atoms with Crippen molar-refractivity contribution in [2.24, 2.45) is 0 Å². The van der Waals surface area contributed by atoms with Crippen molar-refractivity contribution in [1.29, 1.82) is 0 Å². The van der Waals surface area contributed by atoms with Gasteiger partial charge in [-0.2, -0.15) is 5.10 Å². The van der Waals surface area contributed by atoms with Crippen LogP contribution in [0.4, 0.5) is 10.1 Å². The zero-order valence-electron chi connectivity index (χ0n) is 20.7. The van der Waals surface area contributed by atoms with Crippen LogP contribution in [0.5, 0.6) is 0 Å². The molecule has 0 bridgehead atoms. The minimum absolute atomic E-state index is 0.328. The predicted octanol–water partition coefficient (Wildman–Crippen LogP) is 5.29. The normalized spacial score (nSPS) is 16.8. The summed E-state index contributed by atoms with van der Waals surface area (Å²) in [6.45, 7) is 5.08. The Hall–Kier alpha value is -3.85. The number of anilines is 1. The number of hydrogen-bond donors (Lipinski definition) is 2. The molecular formula is C28H29FN8. The number of aromatic nitrogens is 6. The first kappa shape index (κ1) is 22.4. The minimum atomic E-state index is -0.328. The van der Waals surface area contributed by atoms with E-state index in [-0.39, 0.29) is 5.82 Å². The van der Waals surface area contributed by atoms with Crippen LogP contribution in [-0.2, 0) is 6.54 Å². The van der Waals surface area contributed by atoms with E-state index in [4.69, 9.17) is 4.98 Å². The maximum atomic E-state index is 16.1. The monoisotopic (exact) mass is 496 g/mol. The number of nitrogens with zero attached hydrogens (tertiary/aromatic N) is 6. The molecule has 8 nitrogen and oxygen atoms in total. The van der Waals surface area contributed by atoms with Crippen LogP contribution in [0.1, 0.15) is 37.7 Å². The summed E-state index contributed by atoms with van der Waals surface area (Å²) in [4.78, 5) is 21.8. The van der Waals surface area contributed by atoms with Crippen molar-refractivity contribution in [2.45, 2.75) is 38.6 Å². The average Bonchev–Trinajstić information content (AvgIpc) is 3.69. The molecule has 9 heteroatoms. The number of hydrogen-bond acceptors (Lipinski definition) is 6. The fourth-order valence-electron chi connectivity index (χ4n) is 5.80. The highest BCUT2D eigenvalue weighted by Gasteiger charge is 2.22. The Morgan fingerprint density at radius 1 is 0.946 bits per heavy atom. The van der Waals surface area contributed by atoms with E-state index in [0.717, 1.165) is 55.1 Å². The molecule has 0 spiro atoms. The molecule has 0 radical (unpaired) electrons. The molecule has 4 aromatic heterocycles. The van der Waals surface area contributed by atoms with Gasteiger partial charge in [-0.1, -0.05) is 0 Å². The third kappa shape index (κ3) is 4.03. The molecule has 0 aliphatic carbocycles. The van der Waals surface area contributed by atoms with E-state index in [9.17, 15) is 0 Å². The van der Waals surface area contributed by atoms with Crippen molar-refractivity contribution in [3.05, 3.63) is 54.2 Å². The molecule has 1 aromatic carbocycles. The second kappa shape index (κ2) is 9.23. The van der Waals surface area contributed by atoms with Gasteiger partial charge in [0.25, 0.3) is 0 Å². The number of aromatic amines is 2. The van der Waals surface area contributed by atoms with Crippen molar-refractivity contribution < 1.29 is 4.39 Å². The molecule has 188 valence electrons. The zero-order chi connectivity index (χ0) is 24.8. The lowest BCUT2D eigenvalue weighted by molar-refractivity contribution is 0.331. The molecule has 2 aliphatic rings. The summed E-state index contributed by atoms with van der Waals surface area (Å²) >= 11 is 0. The second-order valence-corrected chi connectivity index (χ2v) is 10.1. The van der Waals surface area contributed by atoms with Gasteiger partial charge in [-0.05, 0) is 75.0 Å². The highest BCUT2D eigenvalue weighted by Crippen LogP contribution is 2.35. The number of pyridine rings is 2. The first-order chi connectivity index (χ1) is 18.2. The number of fused-ring (bicyclic) bond motifs is 2. The topological polar surface area (TPSA) is 89.6 Å². The number of nitrogens with one attached hydrogen (secondary N) is 2. The van der Waals surface area contributed by atoms with Gasteiger partial charge in [0.15, 0.2) is 11.5 Å². The van der Waals surface area contributed by atoms with Crippen molar-refractivity contribution in [2.75, 3.05) is 31.1 Å². The number of benzene rings is 1. The first-order valence-corrected chi connectivity index (χ1v) is 13.2. The molecule has 2 N–H and O–H groups in total. The summed E-state index contributed by atoms with van der Waals surface area (Å²) in [5.41, 5.74) is 6.03. The highest BCUT2D eigenvalue weighted by atomic mass is 19.1. The molecular weight excluding hydrogens is 467 g/mol. The van der Waals surface area contributed by atoms with Gasteiger partial charge >= 0.3 is 0 Å². The lowest BCUT2D eigenvalue weighted by Crippen LogP contribution is -2.29. The van der Waals surface area contributed by atoms with Crippen LogP contribution in [0, 0.1) is 5.82 Å². The predicted molar refractivity (Wildman–Crippen MR) is 143 cm³/mol. The van der Waals surface area contributed by atoms with Crippen molar-refractivity contribution in [3.8, 4) is 22.6 Å². The van der Waals surface area contributed by atoms with Crippen LogP contribution >= 0.6 is 0 Å². The zero-order valence-corrected chi connectivity index (χ0v) is 20.7.